The summed E-state index contributed by atoms with van der Waals surface area (Å²) >= 11 is 0. The topological polar surface area (TPSA) is 9.23 Å². The first-order valence-electron chi connectivity index (χ1n) is 5.79. The number of ether oxygens (including phenoxy) is 1. The van der Waals surface area contributed by atoms with Crippen molar-refractivity contribution in [3.05, 3.63) is 71.3 Å². The van der Waals surface area contributed by atoms with Gasteiger partial charge < -0.3 is 4.74 Å². The molecule has 0 fully saturated rings. The number of benzene rings is 2. The summed E-state index contributed by atoms with van der Waals surface area (Å²) in [6.45, 7) is 8.05. The number of aryl methyl sites for hydroxylation is 3. The van der Waals surface area contributed by atoms with E-state index in [-0.39, 0.29) is 0 Å². The Morgan fingerprint density at radius 3 is 2.06 bits per heavy atom. The lowest BCUT2D eigenvalue weighted by Crippen LogP contribution is -1.97. The third-order valence-corrected chi connectivity index (χ3v) is 2.72. The van der Waals surface area contributed by atoms with Crippen molar-refractivity contribution in [3.63, 3.8) is 0 Å². The van der Waals surface area contributed by atoms with Crippen molar-refractivity contribution in [2.45, 2.75) is 20.8 Å². The van der Waals surface area contributed by atoms with Crippen molar-refractivity contribution in [2.75, 3.05) is 0 Å². The van der Waals surface area contributed by atoms with Gasteiger partial charge in [0.05, 0.1) is 0 Å². The van der Waals surface area contributed by atoms with E-state index in [1.807, 2.05) is 30.3 Å². The number of rotatable bonds is 3. The normalized spacial score (nSPS) is 10.3. The summed E-state index contributed by atoms with van der Waals surface area (Å²) in [5, 5.41) is 0. The Bertz CT molecular complexity index is 477. The van der Waals surface area contributed by atoms with Gasteiger partial charge in [0.15, 0.2) is 6.61 Å². The fourth-order valence-electron chi connectivity index (χ4n) is 2.01. The van der Waals surface area contributed by atoms with Gasteiger partial charge in [0, 0.05) is 0 Å². The van der Waals surface area contributed by atoms with Crippen LogP contribution in [0.1, 0.15) is 22.3 Å². The van der Waals surface area contributed by atoms with E-state index in [0.29, 0.717) is 0 Å². The molecule has 0 saturated carbocycles. The zero-order chi connectivity index (χ0) is 12.3. The molecule has 2 aromatic rings. The molecule has 0 aliphatic heterocycles. The summed E-state index contributed by atoms with van der Waals surface area (Å²) in [5.41, 5.74) is 4.70. The minimum absolute atomic E-state index is 0.958. The summed E-state index contributed by atoms with van der Waals surface area (Å²) in [4.78, 5) is 0. The first kappa shape index (κ1) is 11.7. The summed E-state index contributed by atoms with van der Waals surface area (Å²) in [6, 6.07) is 14.3. The second-order valence-corrected chi connectivity index (χ2v) is 4.37. The highest BCUT2D eigenvalue weighted by molar-refractivity contribution is 5.43. The first-order chi connectivity index (χ1) is 8.16. The van der Waals surface area contributed by atoms with Crippen molar-refractivity contribution in [2.24, 2.45) is 0 Å². The highest BCUT2D eigenvalue weighted by atomic mass is 16.5. The zero-order valence-corrected chi connectivity index (χ0v) is 10.5. The van der Waals surface area contributed by atoms with Crippen LogP contribution in [0, 0.1) is 27.4 Å². The minimum Gasteiger partial charge on any atom is -0.481 e. The van der Waals surface area contributed by atoms with Crippen LogP contribution in [-0.4, -0.2) is 0 Å². The largest absolute Gasteiger partial charge is 0.481 e. The molecule has 2 rings (SSSR count). The summed E-state index contributed by atoms with van der Waals surface area (Å²) in [5.74, 6) is 0.958. The molecule has 0 N–H and O–H groups in total. The van der Waals surface area contributed by atoms with E-state index in [4.69, 9.17) is 4.74 Å². The maximum atomic E-state index is 5.78. The lowest BCUT2D eigenvalue weighted by Gasteiger charge is -2.12. The van der Waals surface area contributed by atoms with E-state index in [2.05, 4.69) is 32.9 Å². The van der Waals surface area contributed by atoms with Gasteiger partial charge in [0.25, 0.3) is 0 Å². The quantitative estimate of drug-likeness (QED) is 0.760. The van der Waals surface area contributed by atoms with Gasteiger partial charge in [0.2, 0.25) is 0 Å². The standard InChI is InChI=1S/C16H17O/c1-12-9-13(2)16(14(3)10-12)17-11-15-7-5-4-6-8-15/h4-11H,1-3H3. The molecule has 0 saturated heterocycles. The van der Waals surface area contributed by atoms with E-state index in [0.717, 1.165) is 11.3 Å². The van der Waals surface area contributed by atoms with Crippen LogP contribution in [0.15, 0.2) is 42.5 Å². The molecule has 0 unspecified atom stereocenters. The van der Waals surface area contributed by atoms with E-state index in [1.165, 1.54) is 16.7 Å². The minimum atomic E-state index is 0.958. The van der Waals surface area contributed by atoms with Crippen molar-refractivity contribution in [3.8, 4) is 5.75 Å². The van der Waals surface area contributed by atoms with Crippen LogP contribution in [0.4, 0.5) is 0 Å². The Kier molecular flexibility index (Phi) is 3.48. The fourth-order valence-corrected chi connectivity index (χ4v) is 2.01. The molecule has 2 aromatic carbocycles. The maximum absolute atomic E-state index is 5.78. The molecule has 0 atom stereocenters. The van der Waals surface area contributed by atoms with Crippen LogP contribution in [0.3, 0.4) is 0 Å². The Morgan fingerprint density at radius 1 is 0.882 bits per heavy atom. The number of hydrogen-bond donors (Lipinski definition) is 0. The van der Waals surface area contributed by atoms with Crippen molar-refractivity contribution in [1.82, 2.24) is 0 Å². The molecule has 1 nitrogen and oxygen atoms in total. The van der Waals surface area contributed by atoms with Gasteiger partial charge in [-0.15, -0.1) is 0 Å². The van der Waals surface area contributed by atoms with Crippen LogP contribution >= 0.6 is 0 Å². The van der Waals surface area contributed by atoms with Gasteiger partial charge >= 0.3 is 0 Å². The predicted molar refractivity (Wildman–Crippen MR) is 71.1 cm³/mol. The molecule has 1 heteroatoms. The van der Waals surface area contributed by atoms with Gasteiger partial charge in [-0.1, -0.05) is 48.0 Å². The van der Waals surface area contributed by atoms with Gasteiger partial charge in [-0.05, 0) is 37.5 Å². The molecule has 0 aliphatic rings. The number of hydrogen-bond acceptors (Lipinski definition) is 1. The third-order valence-electron chi connectivity index (χ3n) is 2.72. The molecule has 0 amide bonds. The summed E-state index contributed by atoms with van der Waals surface area (Å²) in [6.07, 6.45) is 0. The van der Waals surface area contributed by atoms with Crippen LogP contribution < -0.4 is 4.74 Å². The van der Waals surface area contributed by atoms with E-state index in [1.54, 1.807) is 6.61 Å². The smallest absolute Gasteiger partial charge is 0.165 e. The highest BCUT2D eigenvalue weighted by Gasteiger charge is 2.05. The lowest BCUT2D eigenvalue weighted by molar-refractivity contribution is 0.422. The van der Waals surface area contributed by atoms with Crippen LogP contribution in [0.25, 0.3) is 0 Å². The SMILES string of the molecule is Cc1cc(C)c(O[CH]c2ccccc2)c(C)c1. The van der Waals surface area contributed by atoms with Crippen LogP contribution in [0.5, 0.6) is 5.75 Å². The second-order valence-electron chi connectivity index (χ2n) is 4.37. The van der Waals surface area contributed by atoms with E-state index < -0.39 is 0 Å². The Labute approximate surface area is 103 Å². The molecule has 0 heterocycles. The van der Waals surface area contributed by atoms with Gasteiger partial charge in [-0.3, -0.25) is 0 Å². The lowest BCUT2D eigenvalue weighted by atomic mass is 10.1. The fraction of sp³-hybridized carbons (Fsp3) is 0.188. The van der Waals surface area contributed by atoms with E-state index in [9.17, 15) is 0 Å². The molecule has 0 bridgehead atoms. The predicted octanol–water partition coefficient (Wildman–Crippen LogP) is 4.20. The van der Waals surface area contributed by atoms with Gasteiger partial charge in [-0.25, -0.2) is 0 Å². The maximum Gasteiger partial charge on any atom is 0.165 e. The second kappa shape index (κ2) is 5.05. The molecular weight excluding hydrogens is 208 g/mol. The Morgan fingerprint density at radius 2 is 1.47 bits per heavy atom. The van der Waals surface area contributed by atoms with Crippen LogP contribution in [-0.2, 0) is 0 Å². The molecule has 0 spiro atoms. The monoisotopic (exact) mass is 225 g/mol. The Balaban J connectivity index is 2.15. The third kappa shape index (κ3) is 2.88. The Hall–Kier alpha value is -1.76. The zero-order valence-electron chi connectivity index (χ0n) is 10.5. The van der Waals surface area contributed by atoms with E-state index >= 15 is 0 Å². The molecular formula is C16H17O. The highest BCUT2D eigenvalue weighted by Crippen LogP contribution is 2.25. The van der Waals surface area contributed by atoms with Crippen molar-refractivity contribution >= 4 is 0 Å². The van der Waals surface area contributed by atoms with Gasteiger partial charge in [-0.2, -0.15) is 0 Å². The first-order valence-corrected chi connectivity index (χ1v) is 5.79. The molecule has 1 radical (unpaired) electrons. The molecule has 17 heavy (non-hydrogen) atoms. The molecule has 0 aromatic heterocycles. The molecule has 0 aliphatic carbocycles. The summed E-state index contributed by atoms with van der Waals surface area (Å²) in [7, 11) is 0. The summed E-state index contributed by atoms with van der Waals surface area (Å²) < 4.78 is 5.78. The average Bonchev–Trinajstić information content (AvgIpc) is 2.29. The van der Waals surface area contributed by atoms with Gasteiger partial charge in [0.1, 0.15) is 5.75 Å². The van der Waals surface area contributed by atoms with Crippen LogP contribution in [0.2, 0.25) is 0 Å². The van der Waals surface area contributed by atoms with Crippen molar-refractivity contribution < 1.29 is 4.74 Å². The molecule has 87 valence electrons. The average molecular weight is 225 g/mol. The van der Waals surface area contributed by atoms with Crippen molar-refractivity contribution in [1.29, 1.82) is 0 Å².